The molecule has 0 amide bonds. The highest BCUT2D eigenvalue weighted by Crippen LogP contribution is 2.08. The first-order valence-corrected chi connectivity index (χ1v) is 8.72. The molecule has 3 heteroatoms. The fraction of sp³-hybridized carbons (Fsp3) is 0.941. The van der Waals surface area contributed by atoms with Gasteiger partial charge in [-0.3, -0.25) is 4.79 Å². The highest BCUT2D eigenvalue weighted by atomic mass is 16.1. The molecular formula is C17H34N2O. The van der Waals surface area contributed by atoms with Crippen molar-refractivity contribution >= 4 is 5.78 Å². The molecule has 0 saturated carbocycles. The number of Topliss-reactive ketones (excluding diaryl/α,β-unsaturated/α-hetero) is 1. The number of hydrogen-bond donors (Lipinski definition) is 0. The highest BCUT2D eigenvalue weighted by molar-refractivity contribution is 5.79. The molecule has 0 aromatic rings. The van der Waals surface area contributed by atoms with Gasteiger partial charge in [0.2, 0.25) is 0 Å². The zero-order valence-electron chi connectivity index (χ0n) is 13.7. The Morgan fingerprint density at radius 3 is 2.00 bits per heavy atom. The van der Waals surface area contributed by atoms with Gasteiger partial charge in [-0.05, 0) is 51.9 Å². The summed E-state index contributed by atoms with van der Waals surface area (Å²) < 4.78 is 0. The summed E-state index contributed by atoms with van der Waals surface area (Å²) in [5.74, 6) is 0.451. The Bertz CT molecular complexity index is 237. The molecule has 0 aromatic heterocycles. The van der Waals surface area contributed by atoms with Crippen molar-refractivity contribution in [3.63, 3.8) is 0 Å². The molecule has 118 valence electrons. The van der Waals surface area contributed by atoms with Crippen molar-refractivity contribution in [2.45, 2.75) is 65.2 Å². The van der Waals surface area contributed by atoms with Crippen LogP contribution in [-0.4, -0.2) is 54.9 Å². The number of carbonyl (C=O) groups excluding carboxylic acids is 1. The Kier molecular flexibility index (Phi) is 9.94. The van der Waals surface area contributed by atoms with Crippen molar-refractivity contribution in [2.24, 2.45) is 0 Å². The van der Waals surface area contributed by atoms with Gasteiger partial charge in [0.1, 0.15) is 5.78 Å². The summed E-state index contributed by atoms with van der Waals surface area (Å²) in [5.41, 5.74) is 0. The van der Waals surface area contributed by atoms with Crippen LogP contribution < -0.4 is 0 Å². The third-order valence-corrected chi connectivity index (χ3v) is 4.27. The van der Waals surface area contributed by atoms with E-state index in [0.717, 1.165) is 25.9 Å². The van der Waals surface area contributed by atoms with Gasteiger partial charge in [-0.15, -0.1) is 0 Å². The van der Waals surface area contributed by atoms with E-state index in [-0.39, 0.29) is 0 Å². The summed E-state index contributed by atoms with van der Waals surface area (Å²) in [6.45, 7) is 11.5. The van der Waals surface area contributed by atoms with Crippen molar-refractivity contribution < 1.29 is 4.79 Å². The number of piperidine rings is 1. The predicted molar refractivity (Wildman–Crippen MR) is 86.2 cm³/mol. The van der Waals surface area contributed by atoms with Crippen LogP contribution in [0.5, 0.6) is 0 Å². The van der Waals surface area contributed by atoms with Crippen LogP contribution in [0.2, 0.25) is 0 Å². The van der Waals surface area contributed by atoms with E-state index in [1.54, 1.807) is 0 Å². The van der Waals surface area contributed by atoms with Crippen LogP contribution in [0.1, 0.15) is 65.2 Å². The average Bonchev–Trinajstić information content (AvgIpc) is 2.47. The molecule has 1 saturated heterocycles. The largest absolute Gasteiger partial charge is 0.303 e. The fourth-order valence-corrected chi connectivity index (χ4v) is 2.80. The Balaban J connectivity index is 2.07. The van der Waals surface area contributed by atoms with Crippen molar-refractivity contribution in [1.82, 2.24) is 9.80 Å². The zero-order valence-corrected chi connectivity index (χ0v) is 13.7. The number of ketones is 1. The normalized spacial score (nSPS) is 17.1. The SMILES string of the molecule is CCCCN(CCCC)CCCCN1CCC(=O)CC1. The number of nitrogens with zero attached hydrogens (tertiary/aromatic N) is 2. The van der Waals surface area contributed by atoms with E-state index in [0.29, 0.717) is 5.78 Å². The van der Waals surface area contributed by atoms with Gasteiger partial charge in [-0.25, -0.2) is 0 Å². The molecule has 3 nitrogen and oxygen atoms in total. The average molecular weight is 282 g/mol. The Morgan fingerprint density at radius 2 is 1.45 bits per heavy atom. The van der Waals surface area contributed by atoms with Gasteiger partial charge in [0.15, 0.2) is 0 Å². The number of rotatable bonds is 11. The molecule has 0 spiro atoms. The summed E-state index contributed by atoms with van der Waals surface area (Å²) in [6, 6.07) is 0. The lowest BCUT2D eigenvalue weighted by atomic mass is 10.1. The van der Waals surface area contributed by atoms with Crippen LogP contribution >= 0.6 is 0 Å². The van der Waals surface area contributed by atoms with Gasteiger partial charge >= 0.3 is 0 Å². The van der Waals surface area contributed by atoms with Crippen LogP contribution in [0.25, 0.3) is 0 Å². The minimum Gasteiger partial charge on any atom is -0.303 e. The molecule has 1 aliphatic rings. The van der Waals surface area contributed by atoms with Gasteiger partial charge in [-0.1, -0.05) is 26.7 Å². The second kappa shape index (κ2) is 11.3. The van der Waals surface area contributed by atoms with Crippen molar-refractivity contribution in [3.8, 4) is 0 Å². The molecule has 1 rings (SSSR count). The number of carbonyl (C=O) groups is 1. The Morgan fingerprint density at radius 1 is 0.900 bits per heavy atom. The molecule has 1 heterocycles. The lowest BCUT2D eigenvalue weighted by Gasteiger charge is -2.26. The van der Waals surface area contributed by atoms with Gasteiger partial charge in [0, 0.05) is 25.9 Å². The number of hydrogen-bond acceptors (Lipinski definition) is 3. The molecule has 0 radical (unpaired) electrons. The van der Waals surface area contributed by atoms with Gasteiger partial charge in [0.25, 0.3) is 0 Å². The summed E-state index contributed by atoms with van der Waals surface area (Å²) in [5, 5.41) is 0. The first kappa shape index (κ1) is 17.6. The molecule has 0 N–H and O–H groups in total. The summed E-state index contributed by atoms with van der Waals surface area (Å²) in [4.78, 5) is 16.3. The molecule has 1 fully saturated rings. The second-order valence-electron chi connectivity index (χ2n) is 6.14. The molecule has 0 atom stereocenters. The molecule has 1 aliphatic heterocycles. The van der Waals surface area contributed by atoms with Crippen LogP contribution in [0.3, 0.4) is 0 Å². The maximum absolute atomic E-state index is 11.2. The van der Waals surface area contributed by atoms with Crippen LogP contribution in [0.4, 0.5) is 0 Å². The standard InChI is InChI=1S/C17H34N2O/c1-3-5-11-18(12-6-4-2)13-7-8-14-19-15-9-17(20)10-16-19/h3-16H2,1-2H3. The zero-order chi connectivity index (χ0) is 14.6. The van der Waals surface area contributed by atoms with Crippen LogP contribution in [-0.2, 0) is 4.79 Å². The van der Waals surface area contributed by atoms with E-state index in [1.165, 1.54) is 64.7 Å². The highest BCUT2D eigenvalue weighted by Gasteiger charge is 2.15. The van der Waals surface area contributed by atoms with E-state index >= 15 is 0 Å². The lowest BCUT2D eigenvalue weighted by Crippen LogP contribution is -2.35. The lowest BCUT2D eigenvalue weighted by molar-refractivity contribution is -0.121. The molecule has 20 heavy (non-hydrogen) atoms. The second-order valence-corrected chi connectivity index (χ2v) is 6.14. The quantitative estimate of drug-likeness (QED) is 0.543. The summed E-state index contributed by atoms with van der Waals surface area (Å²) >= 11 is 0. The first-order chi connectivity index (χ1) is 9.76. The molecule has 0 aromatic carbocycles. The third-order valence-electron chi connectivity index (χ3n) is 4.27. The minimum atomic E-state index is 0.451. The van der Waals surface area contributed by atoms with Gasteiger partial charge in [0.05, 0.1) is 0 Å². The van der Waals surface area contributed by atoms with E-state index in [4.69, 9.17) is 0 Å². The molecule has 0 unspecified atom stereocenters. The summed E-state index contributed by atoms with van der Waals surface area (Å²) in [6.07, 6.45) is 9.39. The topological polar surface area (TPSA) is 23.6 Å². The minimum absolute atomic E-state index is 0.451. The van der Waals surface area contributed by atoms with Gasteiger partial charge < -0.3 is 9.80 Å². The van der Waals surface area contributed by atoms with Crippen LogP contribution in [0.15, 0.2) is 0 Å². The monoisotopic (exact) mass is 282 g/mol. The van der Waals surface area contributed by atoms with Gasteiger partial charge in [-0.2, -0.15) is 0 Å². The van der Waals surface area contributed by atoms with E-state index in [9.17, 15) is 4.79 Å². The van der Waals surface area contributed by atoms with Crippen molar-refractivity contribution in [1.29, 1.82) is 0 Å². The maximum atomic E-state index is 11.2. The maximum Gasteiger partial charge on any atom is 0.135 e. The van der Waals surface area contributed by atoms with Crippen molar-refractivity contribution in [2.75, 3.05) is 39.3 Å². The van der Waals surface area contributed by atoms with E-state index in [1.807, 2.05) is 0 Å². The molecule has 0 aliphatic carbocycles. The Hall–Kier alpha value is -0.410. The summed E-state index contributed by atoms with van der Waals surface area (Å²) in [7, 11) is 0. The van der Waals surface area contributed by atoms with E-state index in [2.05, 4.69) is 23.6 Å². The number of unbranched alkanes of at least 4 members (excludes halogenated alkanes) is 3. The first-order valence-electron chi connectivity index (χ1n) is 8.72. The van der Waals surface area contributed by atoms with Crippen molar-refractivity contribution in [3.05, 3.63) is 0 Å². The van der Waals surface area contributed by atoms with E-state index < -0.39 is 0 Å². The van der Waals surface area contributed by atoms with Crippen LogP contribution in [0, 0.1) is 0 Å². The molecular weight excluding hydrogens is 248 g/mol. The fourth-order valence-electron chi connectivity index (χ4n) is 2.80. The number of likely N-dealkylation sites (tertiary alicyclic amines) is 1. The third kappa shape index (κ3) is 8.01. The predicted octanol–water partition coefficient (Wildman–Crippen LogP) is 3.33. The smallest absolute Gasteiger partial charge is 0.135 e. The Labute approximate surface area is 125 Å². The molecule has 0 bridgehead atoms.